The molecule has 1 aliphatic carbocycles. The molecular formula is C22H41IN4O2. The first-order valence-electron chi connectivity index (χ1n) is 11.6. The zero-order valence-electron chi connectivity index (χ0n) is 18.5. The number of piperidine rings is 1. The Hall–Kier alpha value is -0.120. The predicted octanol–water partition coefficient (Wildman–Crippen LogP) is 2.86. The summed E-state index contributed by atoms with van der Waals surface area (Å²) in [5, 5.41) is 7.54. The fourth-order valence-corrected chi connectivity index (χ4v) is 5.80. The van der Waals surface area contributed by atoms with Gasteiger partial charge in [0, 0.05) is 62.8 Å². The minimum absolute atomic E-state index is 0. The summed E-state index contributed by atoms with van der Waals surface area (Å²) in [4.78, 5) is 7.39. The highest BCUT2D eigenvalue weighted by Gasteiger charge is 2.58. The lowest BCUT2D eigenvalue weighted by molar-refractivity contribution is -0.188. The molecule has 0 aromatic carbocycles. The van der Waals surface area contributed by atoms with E-state index in [2.05, 4.69) is 36.3 Å². The third-order valence-corrected chi connectivity index (χ3v) is 7.41. The molecule has 3 heterocycles. The first kappa shape index (κ1) is 23.5. The molecule has 2 N–H and O–H groups in total. The van der Waals surface area contributed by atoms with Gasteiger partial charge in [-0.2, -0.15) is 0 Å². The molecule has 4 aliphatic rings. The Morgan fingerprint density at radius 3 is 2.59 bits per heavy atom. The highest BCUT2D eigenvalue weighted by Crippen LogP contribution is 2.51. The van der Waals surface area contributed by atoms with Crippen LogP contribution in [0, 0.1) is 17.3 Å². The van der Waals surface area contributed by atoms with Gasteiger partial charge in [0.1, 0.15) is 0 Å². The van der Waals surface area contributed by atoms with Gasteiger partial charge in [-0.25, -0.2) is 0 Å². The standard InChI is InChI=1S/C22H40N4O2.HI/c1-4-23-21(25-19-18-6-5-12-28-20(18)22(19,2)3)24-17-7-10-26(11-8-17)14-16-9-13-27-15-16;/h16-20H,4-15H2,1-3H3,(H2,23,24,25);1H. The van der Waals surface area contributed by atoms with Crippen LogP contribution in [-0.4, -0.2) is 75.0 Å². The molecule has 4 rings (SSSR count). The lowest BCUT2D eigenvalue weighted by Gasteiger charge is -2.60. The number of fused-ring (bicyclic) bond motifs is 1. The van der Waals surface area contributed by atoms with Gasteiger partial charge in [-0.3, -0.25) is 4.99 Å². The third-order valence-electron chi connectivity index (χ3n) is 7.41. The topological polar surface area (TPSA) is 58.1 Å². The zero-order valence-corrected chi connectivity index (χ0v) is 20.8. The number of likely N-dealkylation sites (tertiary alicyclic amines) is 1. The van der Waals surface area contributed by atoms with Crippen molar-refractivity contribution in [2.45, 2.75) is 71.1 Å². The second-order valence-electron chi connectivity index (χ2n) is 9.81. The van der Waals surface area contributed by atoms with Crippen molar-refractivity contribution in [3.63, 3.8) is 0 Å². The van der Waals surface area contributed by atoms with E-state index in [4.69, 9.17) is 14.5 Å². The summed E-state index contributed by atoms with van der Waals surface area (Å²) < 4.78 is 11.6. The van der Waals surface area contributed by atoms with E-state index in [9.17, 15) is 0 Å². The molecule has 0 spiro atoms. The van der Waals surface area contributed by atoms with E-state index in [0.29, 0.717) is 24.1 Å². The first-order valence-corrected chi connectivity index (χ1v) is 11.6. The SMILES string of the molecule is CCN=C(NC1CCN(CC2CCOC2)CC1)NC1C2CCCOC2C1(C)C.I. The summed E-state index contributed by atoms with van der Waals surface area (Å²) in [5.74, 6) is 2.38. The van der Waals surface area contributed by atoms with Crippen LogP contribution in [-0.2, 0) is 9.47 Å². The Kier molecular flexibility index (Phi) is 8.49. The number of hydrogen-bond donors (Lipinski definition) is 2. The second-order valence-corrected chi connectivity index (χ2v) is 9.81. The molecular weight excluding hydrogens is 479 g/mol. The molecule has 0 aromatic rings. The maximum Gasteiger partial charge on any atom is 0.191 e. The lowest BCUT2D eigenvalue weighted by Crippen LogP contribution is -2.71. The van der Waals surface area contributed by atoms with Crippen molar-refractivity contribution < 1.29 is 9.47 Å². The van der Waals surface area contributed by atoms with Crippen molar-refractivity contribution in [1.29, 1.82) is 0 Å². The van der Waals surface area contributed by atoms with Crippen molar-refractivity contribution in [3.8, 4) is 0 Å². The molecule has 1 saturated carbocycles. The number of nitrogens with zero attached hydrogens (tertiary/aromatic N) is 2. The summed E-state index contributed by atoms with van der Waals surface area (Å²) >= 11 is 0. The van der Waals surface area contributed by atoms with Crippen LogP contribution in [0.1, 0.15) is 52.9 Å². The van der Waals surface area contributed by atoms with Crippen molar-refractivity contribution in [1.82, 2.24) is 15.5 Å². The van der Waals surface area contributed by atoms with Crippen molar-refractivity contribution in [2.75, 3.05) is 46.0 Å². The van der Waals surface area contributed by atoms with Crippen LogP contribution in [0.2, 0.25) is 0 Å². The maximum absolute atomic E-state index is 6.07. The molecule has 0 amide bonds. The van der Waals surface area contributed by atoms with Gasteiger partial charge in [-0.1, -0.05) is 13.8 Å². The van der Waals surface area contributed by atoms with Gasteiger partial charge in [0.25, 0.3) is 0 Å². The minimum atomic E-state index is 0. The van der Waals surface area contributed by atoms with Crippen LogP contribution in [0.25, 0.3) is 0 Å². The van der Waals surface area contributed by atoms with Crippen LogP contribution in [0.3, 0.4) is 0 Å². The molecule has 0 bridgehead atoms. The van der Waals surface area contributed by atoms with Crippen LogP contribution < -0.4 is 10.6 Å². The predicted molar refractivity (Wildman–Crippen MR) is 128 cm³/mol. The Bertz CT molecular complexity index is 545. The van der Waals surface area contributed by atoms with E-state index >= 15 is 0 Å². The summed E-state index contributed by atoms with van der Waals surface area (Å²) in [7, 11) is 0. The van der Waals surface area contributed by atoms with Crippen LogP contribution in [0.5, 0.6) is 0 Å². The minimum Gasteiger partial charge on any atom is -0.381 e. The van der Waals surface area contributed by atoms with E-state index in [-0.39, 0.29) is 29.4 Å². The maximum atomic E-state index is 6.07. The fraction of sp³-hybridized carbons (Fsp3) is 0.955. The van der Waals surface area contributed by atoms with E-state index < -0.39 is 0 Å². The summed E-state index contributed by atoms with van der Waals surface area (Å²) in [6.45, 7) is 14.0. The molecule has 3 aliphatic heterocycles. The number of guanidine groups is 1. The van der Waals surface area contributed by atoms with Gasteiger partial charge in [0.05, 0.1) is 12.7 Å². The first-order chi connectivity index (χ1) is 13.6. The lowest BCUT2D eigenvalue weighted by atomic mass is 9.55. The molecule has 6 nitrogen and oxygen atoms in total. The van der Waals surface area contributed by atoms with Crippen LogP contribution >= 0.6 is 24.0 Å². The molecule has 3 saturated heterocycles. The average Bonchev–Trinajstić information content (AvgIpc) is 3.21. The zero-order chi connectivity index (χ0) is 19.6. The number of nitrogens with one attached hydrogen (secondary N) is 2. The summed E-state index contributed by atoms with van der Waals surface area (Å²) in [6.07, 6.45) is 6.49. The van der Waals surface area contributed by atoms with Gasteiger partial charge >= 0.3 is 0 Å². The third kappa shape index (κ3) is 5.39. The van der Waals surface area contributed by atoms with Crippen molar-refractivity contribution >= 4 is 29.9 Å². The normalized spacial score (nSPS) is 35.3. The molecule has 4 unspecified atom stereocenters. The van der Waals surface area contributed by atoms with Gasteiger partial charge in [-0.05, 0) is 44.9 Å². The number of rotatable bonds is 5. The Morgan fingerprint density at radius 2 is 1.90 bits per heavy atom. The smallest absolute Gasteiger partial charge is 0.191 e. The van der Waals surface area contributed by atoms with E-state index in [1.165, 1.54) is 51.7 Å². The van der Waals surface area contributed by atoms with E-state index in [1.807, 2.05) is 0 Å². The second kappa shape index (κ2) is 10.5. The molecule has 29 heavy (non-hydrogen) atoms. The number of aliphatic imine (C=N–C) groups is 1. The Balaban J connectivity index is 0.00000240. The molecule has 0 radical (unpaired) electrons. The quantitative estimate of drug-likeness (QED) is 0.332. The van der Waals surface area contributed by atoms with E-state index in [0.717, 1.165) is 38.2 Å². The molecule has 7 heteroatoms. The van der Waals surface area contributed by atoms with E-state index in [1.54, 1.807) is 0 Å². The summed E-state index contributed by atoms with van der Waals surface area (Å²) in [5.41, 5.74) is 0.175. The van der Waals surface area contributed by atoms with Gasteiger partial charge < -0.3 is 25.0 Å². The van der Waals surface area contributed by atoms with Gasteiger partial charge in [-0.15, -0.1) is 24.0 Å². The van der Waals surface area contributed by atoms with Gasteiger partial charge in [0.2, 0.25) is 0 Å². The largest absolute Gasteiger partial charge is 0.381 e. The molecule has 168 valence electrons. The summed E-state index contributed by atoms with van der Waals surface area (Å²) in [6, 6.07) is 0.980. The van der Waals surface area contributed by atoms with Crippen molar-refractivity contribution in [2.24, 2.45) is 22.2 Å². The average molecular weight is 521 g/mol. The van der Waals surface area contributed by atoms with Crippen molar-refractivity contribution in [3.05, 3.63) is 0 Å². The Morgan fingerprint density at radius 1 is 1.10 bits per heavy atom. The fourth-order valence-electron chi connectivity index (χ4n) is 5.80. The number of ether oxygens (including phenoxy) is 2. The molecule has 0 aromatic heterocycles. The van der Waals surface area contributed by atoms with Crippen LogP contribution in [0.15, 0.2) is 4.99 Å². The molecule has 4 fully saturated rings. The van der Waals surface area contributed by atoms with Crippen LogP contribution in [0.4, 0.5) is 0 Å². The Labute approximate surface area is 194 Å². The highest BCUT2D eigenvalue weighted by molar-refractivity contribution is 14.0. The highest BCUT2D eigenvalue weighted by atomic mass is 127. The monoisotopic (exact) mass is 520 g/mol. The number of hydrogen-bond acceptors (Lipinski definition) is 4. The molecule has 4 atom stereocenters. The number of halogens is 1. The van der Waals surface area contributed by atoms with Gasteiger partial charge in [0.15, 0.2) is 5.96 Å².